The van der Waals surface area contributed by atoms with Crippen molar-refractivity contribution in [3.63, 3.8) is 0 Å². The highest BCUT2D eigenvalue weighted by molar-refractivity contribution is 7.97. The molecular formula is C11H22N4O2P2S. The van der Waals surface area contributed by atoms with Gasteiger partial charge in [0.25, 0.3) is 10.0 Å². The minimum absolute atomic E-state index is 0.199. The zero-order valence-corrected chi connectivity index (χ0v) is 15.1. The van der Waals surface area contributed by atoms with Crippen molar-refractivity contribution in [2.75, 3.05) is 27.4 Å². The van der Waals surface area contributed by atoms with E-state index >= 15 is 0 Å². The summed E-state index contributed by atoms with van der Waals surface area (Å²) in [5.74, 6) is 0. The summed E-state index contributed by atoms with van der Waals surface area (Å²) in [7, 11) is 0.991. The van der Waals surface area contributed by atoms with Crippen LogP contribution < -0.4 is 0 Å². The summed E-state index contributed by atoms with van der Waals surface area (Å²) >= 11 is 0. The average Bonchev–Trinajstić information content (AvgIpc) is 3.11. The fourth-order valence-corrected chi connectivity index (χ4v) is 6.10. The molecule has 0 bridgehead atoms. The Balaban J connectivity index is 2.37. The lowest BCUT2D eigenvalue weighted by Gasteiger charge is -2.15. The Labute approximate surface area is 124 Å². The van der Waals surface area contributed by atoms with Gasteiger partial charge in [-0.15, -0.1) is 0 Å². The fourth-order valence-electron chi connectivity index (χ4n) is 2.06. The Hall–Kier alpha value is -0.0600. The molecule has 1 aromatic heterocycles. The molecule has 0 N–H and O–H groups in total. The second-order valence-electron chi connectivity index (χ2n) is 5.10. The molecule has 1 aliphatic rings. The Kier molecular flexibility index (Phi) is 5.19. The van der Waals surface area contributed by atoms with Crippen LogP contribution in [0, 0.1) is 0 Å². The van der Waals surface area contributed by atoms with Gasteiger partial charge >= 0.3 is 0 Å². The molecule has 0 saturated heterocycles. The molecule has 2 unspecified atom stereocenters. The second kappa shape index (κ2) is 6.37. The van der Waals surface area contributed by atoms with E-state index in [4.69, 9.17) is 0 Å². The average molecular weight is 336 g/mol. The summed E-state index contributed by atoms with van der Waals surface area (Å²) in [5, 5.41) is 4.58. The second-order valence-corrected chi connectivity index (χ2v) is 9.72. The first kappa shape index (κ1) is 16.3. The number of nitrogens with zero attached hydrogens (tertiary/aromatic N) is 4. The Morgan fingerprint density at radius 3 is 2.40 bits per heavy atom. The van der Waals surface area contributed by atoms with Gasteiger partial charge < -0.3 is 4.90 Å². The molecular weight excluding hydrogens is 314 g/mol. The third kappa shape index (κ3) is 3.40. The number of sulfonamides is 1. The van der Waals surface area contributed by atoms with Gasteiger partial charge in [-0.2, -0.15) is 8.94 Å². The van der Waals surface area contributed by atoms with Gasteiger partial charge in [-0.1, -0.05) is 0 Å². The van der Waals surface area contributed by atoms with Crippen LogP contribution in [0.3, 0.4) is 0 Å². The van der Waals surface area contributed by atoms with Crippen LogP contribution in [0.4, 0.5) is 0 Å². The molecule has 0 aliphatic heterocycles. The van der Waals surface area contributed by atoms with E-state index in [0.717, 1.165) is 18.5 Å². The van der Waals surface area contributed by atoms with Gasteiger partial charge in [0.1, 0.15) is 0 Å². The van der Waals surface area contributed by atoms with Crippen molar-refractivity contribution in [2.24, 2.45) is 0 Å². The largest absolute Gasteiger partial charge is 0.304 e. The van der Waals surface area contributed by atoms with E-state index in [1.54, 1.807) is 6.07 Å². The maximum absolute atomic E-state index is 12.5. The van der Waals surface area contributed by atoms with Crippen LogP contribution in [0.2, 0.25) is 0 Å². The lowest BCUT2D eigenvalue weighted by molar-refractivity contribution is 0.381. The molecule has 9 heteroatoms. The SMILES string of the molecule is CPN(PC)S(=O)(=O)c1cc(CN(C)C)n(C2CC2)n1. The predicted molar refractivity (Wildman–Crippen MR) is 85.4 cm³/mol. The van der Waals surface area contributed by atoms with Crippen LogP contribution in [-0.2, 0) is 16.6 Å². The summed E-state index contributed by atoms with van der Waals surface area (Å²) in [5.41, 5.74) is 0.981. The molecule has 6 nitrogen and oxygen atoms in total. The van der Waals surface area contributed by atoms with Crippen LogP contribution in [0.5, 0.6) is 0 Å². The monoisotopic (exact) mass is 336 g/mol. The quantitative estimate of drug-likeness (QED) is 0.712. The highest BCUT2D eigenvalue weighted by atomic mass is 32.2. The maximum Gasteiger partial charge on any atom is 0.268 e. The van der Waals surface area contributed by atoms with Crippen molar-refractivity contribution in [3.8, 4) is 0 Å². The molecule has 0 aromatic carbocycles. The summed E-state index contributed by atoms with van der Waals surface area (Å²) in [6.45, 7) is 4.47. The normalized spacial score (nSPS) is 17.5. The molecule has 20 heavy (non-hydrogen) atoms. The number of aromatic nitrogens is 2. The molecule has 114 valence electrons. The van der Waals surface area contributed by atoms with E-state index in [0.29, 0.717) is 12.6 Å². The molecule has 2 atom stereocenters. The van der Waals surface area contributed by atoms with Crippen molar-refractivity contribution in [2.45, 2.75) is 30.5 Å². The number of hydrogen-bond acceptors (Lipinski definition) is 4. The Morgan fingerprint density at radius 1 is 1.35 bits per heavy atom. The zero-order chi connectivity index (χ0) is 14.9. The van der Waals surface area contributed by atoms with E-state index in [2.05, 4.69) is 5.10 Å². The van der Waals surface area contributed by atoms with Crippen LogP contribution >= 0.6 is 17.5 Å². The van der Waals surface area contributed by atoms with Crippen LogP contribution in [-0.4, -0.2) is 54.4 Å². The van der Waals surface area contributed by atoms with Crippen LogP contribution in [0.1, 0.15) is 24.6 Å². The standard InChI is InChI=1S/C11H22N4O2P2S/c1-13(2)8-10-7-11(12-14(10)9-5-6-9)20(16,17)15(18-3)19-4/h7,9,18-19H,5-6,8H2,1-4H3. The van der Waals surface area contributed by atoms with Crippen LogP contribution in [0.15, 0.2) is 11.1 Å². The van der Waals surface area contributed by atoms with Gasteiger partial charge in [0.05, 0.1) is 11.7 Å². The fraction of sp³-hybridized carbons (Fsp3) is 0.727. The maximum atomic E-state index is 12.5. The van der Waals surface area contributed by atoms with Gasteiger partial charge in [0, 0.05) is 12.6 Å². The first-order valence-electron chi connectivity index (χ1n) is 6.53. The van der Waals surface area contributed by atoms with Gasteiger partial charge in [-0.05, 0) is 57.7 Å². The highest BCUT2D eigenvalue weighted by Gasteiger charge is 2.31. The summed E-state index contributed by atoms with van der Waals surface area (Å²) < 4.78 is 28.5. The predicted octanol–water partition coefficient (Wildman–Crippen LogP) is 1.72. The minimum Gasteiger partial charge on any atom is -0.304 e. The van der Waals surface area contributed by atoms with Crippen molar-refractivity contribution in [1.82, 2.24) is 18.5 Å². The van der Waals surface area contributed by atoms with Gasteiger partial charge in [-0.25, -0.2) is 8.42 Å². The van der Waals surface area contributed by atoms with Crippen molar-refractivity contribution in [1.29, 1.82) is 0 Å². The molecule has 0 spiro atoms. The van der Waals surface area contributed by atoms with Gasteiger partial charge in [-0.3, -0.25) is 4.68 Å². The minimum atomic E-state index is -3.44. The smallest absolute Gasteiger partial charge is 0.268 e. The number of hydrogen-bond donors (Lipinski definition) is 0. The zero-order valence-electron chi connectivity index (χ0n) is 12.3. The first-order chi connectivity index (χ1) is 9.40. The van der Waals surface area contributed by atoms with Crippen molar-refractivity contribution >= 4 is 27.5 Å². The summed E-state index contributed by atoms with van der Waals surface area (Å²) in [6.07, 6.45) is 2.19. The van der Waals surface area contributed by atoms with E-state index in [1.807, 2.05) is 37.0 Å². The topological polar surface area (TPSA) is 58.4 Å². The molecule has 1 heterocycles. The van der Waals surface area contributed by atoms with Crippen molar-refractivity contribution < 1.29 is 8.42 Å². The van der Waals surface area contributed by atoms with Crippen LogP contribution in [0.25, 0.3) is 0 Å². The van der Waals surface area contributed by atoms with Gasteiger partial charge in [0.15, 0.2) is 5.03 Å². The third-order valence-corrected chi connectivity index (χ3v) is 8.97. The molecule has 0 amide bonds. The summed E-state index contributed by atoms with van der Waals surface area (Å²) in [4.78, 5) is 2.03. The molecule has 1 saturated carbocycles. The number of rotatable bonds is 7. The third-order valence-electron chi connectivity index (χ3n) is 3.07. The molecule has 1 aromatic rings. The Bertz CT molecular complexity index is 565. The van der Waals surface area contributed by atoms with E-state index in [-0.39, 0.29) is 22.5 Å². The lowest BCUT2D eigenvalue weighted by atomic mass is 10.4. The molecule has 2 rings (SSSR count). The van der Waals surface area contributed by atoms with Gasteiger partial charge in [0.2, 0.25) is 0 Å². The molecule has 1 fully saturated rings. The highest BCUT2D eigenvalue weighted by Crippen LogP contribution is 2.38. The van der Waals surface area contributed by atoms with Crippen molar-refractivity contribution in [3.05, 3.63) is 11.8 Å². The first-order valence-corrected chi connectivity index (χ1v) is 10.9. The Morgan fingerprint density at radius 2 is 1.95 bits per heavy atom. The summed E-state index contributed by atoms with van der Waals surface area (Å²) in [6, 6.07) is 2.12. The van der Waals surface area contributed by atoms with E-state index in [9.17, 15) is 8.42 Å². The van der Waals surface area contributed by atoms with E-state index in [1.165, 1.54) is 3.85 Å². The molecule has 1 aliphatic carbocycles. The van der Waals surface area contributed by atoms with E-state index < -0.39 is 10.0 Å². The molecule has 0 radical (unpaired) electrons. The lowest BCUT2D eigenvalue weighted by Crippen LogP contribution is -2.16.